The number of alkyl halides is 4. The molecule has 0 aliphatic rings. The molecular formula is C19H27F4N3O6. The standard InChI is InChI=1S/C17H27FN3O4.C2HF3O2/c1-23-14-2-3-15-16(12-14)20(5-4-18)17(13-19)21(15)6-8-24-10-11-25-9-7-22;3-2(4,5)1(6)7/h2-3,12,22H,4-11,13,19H2,1H3;(H,6,7)/q+1;/p-1. The number of hydrogen-bond donors (Lipinski definition) is 2. The van der Waals surface area contributed by atoms with Crippen LogP contribution in [-0.2, 0) is 33.9 Å². The number of imidazole rings is 1. The van der Waals surface area contributed by atoms with Crippen LogP contribution in [0.15, 0.2) is 18.2 Å². The van der Waals surface area contributed by atoms with E-state index in [4.69, 9.17) is 35.0 Å². The zero-order chi connectivity index (χ0) is 24.1. The lowest BCUT2D eigenvalue weighted by Gasteiger charge is -2.05. The Morgan fingerprint density at radius 3 is 2.34 bits per heavy atom. The van der Waals surface area contributed by atoms with Gasteiger partial charge < -0.3 is 35.0 Å². The van der Waals surface area contributed by atoms with E-state index in [0.717, 1.165) is 22.6 Å². The fourth-order valence-corrected chi connectivity index (χ4v) is 2.84. The lowest BCUT2D eigenvalue weighted by atomic mass is 10.3. The Balaban J connectivity index is 0.000000633. The minimum atomic E-state index is -5.19. The molecule has 1 heterocycles. The number of aliphatic hydroxyl groups is 1. The van der Waals surface area contributed by atoms with Crippen molar-refractivity contribution in [1.29, 1.82) is 0 Å². The number of carboxylic acid groups (broad SMARTS) is 1. The summed E-state index contributed by atoms with van der Waals surface area (Å²) in [4.78, 5) is 8.78. The number of hydrogen-bond acceptors (Lipinski definition) is 7. The summed E-state index contributed by atoms with van der Waals surface area (Å²) in [5, 5.41) is 17.4. The molecule has 0 fully saturated rings. The van der Waals surface area contributed by atoms with Crippen molar-refractivity contribution in [3.63, 3.8) is 0 Å². The number of ether oxygens (including phenoxy) is 3. The van der Waals surface area contributed by atoms with Crippen LogP contribution in [-0.4, -0.2) is 68.6 Å². The minimum Gasteiger partial charge on any atom is -0.542 e. The number of methoxy groups -OCH3 is 1. The third-order valence-corrected chi connectivity index (χ3v) is 4.18. The number of carboxylic acids is 1. The Kier molecular flexibility index (Phi) is 11.9. The number of carbonyl (C=O) groups excluding carboxylic acids is 1. The van der Waals surface area contributed by atoms with Gasteiger partial charge in [-0.1, -0.05) is 0 Å². The van der Waals surface area contributed by atoms with E-state index in [1.165, 1.54) is 0 Å². The van der Waals surface area contributed by atoms with Crippen molar-refractivity contribution in [2.24, 2.45) is 5.73 Å². The second kappa shape index (κ2) is 13.8. The predicted molar refractivity (Wildman–Crippen MR) is 102 cm³/mol. The highest BCUT2D eigenvalue weighted by molar-refractivity contribution is 5.74. The Morgan fingerprint density at radius 2 is 1.84 bits per heavy atom. The first-order chi connectivity index (χ1) is 15.2. The molecule has 0 spiro atoms. The number of fused-ring (bicyclic) bond motifs is 1. The molecule has 0 radical (unpaired) electrons. The molecule has 0 atom stereocenters. The molecule has 2 aromatic rings. The maximum atomic E-state index is 13.0. The Morgan fingerprint density at radius 1 is 1.22 bits per heavy atom. The number of aromatic nitrogens is 2. The van der Waals surface area contributed by atoms with Gasteiger partial charge in [0.15, 0.2) is 11.0 Å². The molecule has 0 aliphatic carbocycles. The van der Waals surface area contributed by atoms with Crippen LogP contribution in [0.5, 0.6) is 5.75 Å². The maximum absolute atomic E-state index is 13.0. The molecule has 3 N–H and O–H groups in total. The van der Waals surface area contributed by atoms with Gasteiger partial charge in [-0.3, -0.25) is 0 Å². The predicted octanol–water partition coefficient (Wildman–Crippen LogP) is -0.310. The van der Waals surface area contributed by atoms with Gasteiger partial charge >= 0.3 is 6.18 Å². The number of nitrogens with two attached hydrogens (primary N) is 1. The number of benzene rings is 1. The molecule has 1 aromatic carbocycles. The first-order valence-corrected chi connectivity index (χ1v) is 9.60. The maximum Gasteiger partial charge on any atom is 0.430 e. The molecule has 9 nitrogen and oxygen atoms in total. The number of carbonyl (C=O) groups is 1. The van der Waals surface area contributed by atoms with Crippen molar-refractivity contribution in [3.8, 4) is 5.75 Å². The van der Waals surface area contributed by atoms with E-state index < -0.39 is 18.8 Å². The van der Waals surface area contributed by atoms with Crippen molar-refractivity contribution in [2.75, 3.05) is 46.8 Å². The second-order valence-electron chi connectivity index (χ2n) is 6.20. The quantitative estimate of drug-likeness (QED) is 0.248. The number of nitrogens with zero attached hydrogens (tertiary/aromatic N) is 2. The normalized spacial score (nSPS) is 11.3. The van der Waals surface area contributed by atoms with Gasteiger partial charge in [-0.25, -0.2) is 13.5 Å². The Labute approximate surface area is 181 Å². The SMILES string of the molecule is COc1ccc2c(c1)n(CCF)c(CN)[n+]2CCOCCOCCO.O=C([O-])C(F)(F)F. The molecular weight excluding hydrogens is 442 g/mol. The first-order valence-electron chi connectivity index (χ1n) is 9.60. The van der Waals surface area contributed by atoms with Crippen LogP contribution >= 0.6 is 0 Å². The van der Waals surface area contributed by atoms with Gasteiger partial charge in [-0.2, -0.15) is 13.2 Å². The summed E-state index contributed by atoms with van der Waals surface area (Å²) in [5.41, 5.74) is 7.78. The van der Waals surface area contributed by atoms with Crippen molar-refractivity contribution in [1.82, 2.24) is 4.57 Å². The molecule has 182 valence electrons. The topological polar surface area (TPSA) is 123 Å². The molecule has 32 heavy (non-hydrogen) atoms. The van der Waals surface area contributed by atoms with Gasteiger partial charge in [-0.05, 0) is 12.1 Å². The van der Waals surface area contributed by atoms with Crippen LogP contribution in [0.4, 0.5) is 17.6 Å². The summed E-state index contributed by atoms with van der Waals surface area (Å²) in [7, 11) is 1.61. The Bertz CT molecular complexity index is 845. The van der Waals surface area contributed by atoms with E-state index in [9.17, 15) is 17.6 Å². The summed E-state index contributed by atoms with van der Waals surface area (Å²) in [6.45, 7) is 2.39. The molecule has 1 aromatic heterocycles. The fourth-order valence-electron chi connectivity index (χ4n) is 2.84. The molecule has 0 bridgehead atoms. The summed E-state index contributed by atoms with van der Waals surface area (Å²) in [5.74, 6) is -1.44. The first kappa shape index (κ1) is 27.6. The molecule has 0 saturated heterocycles. The van der Waals surface area contributed by atoms with Gasteiger partial charge in [0.2, 0.25) is 0 Å². The summed E-state index contributed by atoms with van der Waals surface area (Å²) < 4.78 is 64.5. The van der Waals surface area contributed by atoms with Crippen LogP contribution in [0.3, 0.4) is 0 Å². The highest BCUT2D eigenvalue weighted by Gasteiger charge is 2.29. The molecule has 0 saturated carbocycles. The van der Waals surface area contributed by atoms with Crippen LogP contribution in [0, 0.1) is 0 Å². The van der Waals surface area contributed by atoms with E-state index in [1.807, 2.05) is 22.8 Å². The zero-order valence-electron chi connectivity index (χ0n) is 17.6. The minimum absolute atomic E-state index is 0.00719. The fraction of sp³-hybridized carbons (Fsp3) is 0.579. The van der Waals surface area contributed by atoms with E-state index in [-0.39, 0.29) is 13.2 Å². The number of aliphatic carboxylic acids is 1. The third kappa shape index (κ3) is 8.22. The van der Waals surface area contributed by atoms with Crippen molar-refractivity contribution in [3.05, 3.63) is 24.0 Å². The monoisotopic (exact) mass is 469 g/mol. The van der Waals surface area contributed by atoms with Crippen LogP contribution in [0.25, 0.3) is 11.0 Å². The highest BCUT2D eigenvalue weighted by Crippen LogP contribution is 2.21. The lowest BCUT2D eigenvalue weighted by molar-refractivity contribution is -0.681. The number of aryl methyl sites for hydroxylation is 1. The van der Waals surface area contributed by atoms with Crippen molar-refractivity contribution >= 4 is 17.0 Å². The van der Waals surface area contributed by atoms with Crippen molar-refractivity contribution < 1.29 is 51.3 Å². The van der Waals surface area contributed by atoms with Gasteiger partial charge in [0.25, 0.3) is 5.82 Å². The summed E-state index contributed by atoms with van der Waals surface area (Å²) in [6.07, 6.45) is -5.19. The zero-order valence-corrected chi connectivity index (χ0v) is 17.6. The smallest absolute Gasteiger partial charge is 0.430 e. The summed E-state index contributed by atoms with van der Waals surface area (Å²) >= 11 is 0. The number of halogens is 4. The largest absolute Gasteiger partial charge is 0.542 e. The molecule has 2 rings (SSSR count). The van der Waals surface area contributed by atoms with E-state index in [2.05, 4.69) is 4.57 Å². The van der Waals surface area contributed by atoms with E-state index >= 15 is 0 Å². The van der Waals surface area contributed by atoms with Crippen LogP contribution < -0.4 is 20.1 Å². The van der Waals surface area contributed by atoms with Crippen LogP contribution in [0.2, 0.25) is 0 Å². The molecule has 13 heteroatoms. The molecule has 0 aliphatic heterocycles. The molecule has 0 unspecified atom stereocenters. The third-order valence-electron chi connectivity index (χ3n) is 4.18. The second-order valence-corrected chi connectivity index (χ2v) is 6.20. The van der Waals surface area contributed by atoms with Gasteiger partial charge in [0, 0.05) is 6.07 Å². The van der Waals surface area contributed by atoms with Crippen molar-refractivity contribution in [2.45, 2.75) is 25.8 Å². The lowest BCUT2D eigenvalue weighted by Crippen LogP contribution is -2.41. The average molecular weight is 469 g/mol. The average Bonchev–Trinajstić information content (AvgIpc) is 3.05. The Hall–Kier alpha value is -2.48. The number of rotatable bonds is 12. The van der Waals surface area contributed by atoms with E-state index in [0.29, 0.717) is 39.5 Å². The highest BCUT2D eigenvalue weighted by atomic mass is 19.4. The van der Waals surface area contributed by atoms with Gasteiger partial charge in [0.05, 0.1) is 46.7 Å². The molecule has 0 amide bonds. The van der Waals surface area contributed by atoms with Gasteiger partial charge in [-0.15, -0.1) is 0 Å². The van der Waals surface area contributed by atoms with Gasteiger partial charge in [0.1, 0.15) is 31.5 Å². The summed E-state index contributed by atoms with van der Waals surface area (Å²) in [6, 6.07) is 5.72. The van der Waals surface area contributed by atoms with E-state index in [1.54, 1.807) is 7.11 Å². The number of aliphatic hydroxyl groups excluding tert-OH is 1. The van der Waals surface area contributed by atoms with Crippen LogP contribution in [0.1, 0.15) is 5.82 Å².